The Bertz CT molecular complexity index is 728. The Balaban J connectivity index is 2.04. The van der Waals surface area contributed by atoms with Crippen LogP contribution in [-0.2, 0) is 9.84 Å². The zero-order valence-corrected chi connectivity index (χ0v) is 15.9. The molecule has 0 saturated carbocycles. The molecule has 0 aromatic heterocycles. The standard InChI is InChI=1S/C18H26N2O4S/c1-4-5-11-19(2)17(21)14-6-8-15(9-7-14)18(22)20(3)16-10-12-25(23,24)13-16/h6-9,16H,4-5,10-13H2,1-3H3. The molecule has 0 spiro atoms. The molecule has 7 heteroatoms. The number of rotatable bonds is 6. The molecule has 6 nitrogen and oxygen atoms in total. The maximum atomic E-state index is 12.5. The highest BCUT2D eigenvalue weighted by molar-refractivity contribution is 7.91. The molecule has 0 bridgehead atoms. The molecule has 1 fully saturated rings. The molecule has 1 aromatic carbocycles. The zero-order valence-electron chi connectivity index (χ0n) is 15.1. The van der Waals surface area contributed by atoms with Crippen LogP contribution < -0.4 is 0 Å². The molecule has 1 aliphatic heterocycles. The van der Waals surface area contributed by atoms with E-state index >= 15 is 0 Å². The lowest BCUT2D eigenvalue weighted by Crippen LogP contribution is -2.37. The highest BCUT2D eigenvalue weighted by Gasteiger charge is 2.33. The summed E-state index contributed by atoms with van der Waals surface area (Å²) < 4.78 is 23.2. The number of unbranched alkanes of at least 4 members (excludes halogenated alkanes) is 1. The minimum absolute atomic E-state index is 0.0219. The van der Waals surface area contributed by atoms with Crippen LogP contribution in [0.5, 0.6) is 0 Å². The van der Waals surface area contributed by atoms with Crippen LogP contribution in [0.2, 0.25) is 0 Å². The molecular weight excluding hydrogens is 340 g/mol. The van der Waals surface area contributed by atoms with Crippen molar-refractivity contribution in [1.29, 1.82) is 0 Å². The first kappa shape index (κ1) is 19.4. The Morgan fingerprint density at radius 3 is 2.12 bits per heavy atom. The Hall–Kier alpha value is -1.89. The molecule has 2 amide bonds. The van der Waals surface area contributed by atoms with E-state index in [4.69, 9.17) is 0 Å². The molecule has 1 aliphatic rings. The van der Waals surface area contributed by atoms with Gasteiger partial charge >= 0.3 is 0 Å². The van der Waals surface area contributed by atoms with Crippen LogP contribution in [0.25, 0.3) is 0 Å². The van der Waals surface area contributed by atoms with E-state index in [1.54, 1.807) is 43.3 Å². The molecule has 0 aliphatic carbocycles. The topological polar surface area (TPSA) is 74.8 Å². The quantitative estimate of drug-likeness (QED) is 0.770. The maximum absolute atomic E-state index is 12.5. The normalized spacial score (nSPS) is 18.8. The second kappa shape index (κ2) is 7.99. The van der Waals surface area contributed by atoms with Gasteiger partial charge in [0.05, 0.1) is 11.5 Å². The van der Waals surface area contributed by atoms with Crippen molar-refractivity contribution < 1.29 is 18.0 Å². The monoisotopic (exact) mass is 366 g/mol. The number of carbonyl (C=O) groups is 2. The van der Waals surface area contributed by atoms with Gasteiger partial charge in [-0.25, -0.2) is 8.42 Å². The van der Waals surface area contributed by atoms with Crippen molar-refractivity contribution in [1.82, 2.24) is 9.80 Å². The van der Waals surface area contributed by atoms with Crippen LogP contribution in [-0.4, -0.2) is 68.2 Å². The third-order valence-electron chi connectivity index (χ3n) is 4.65. The van der Waals surface area contributed by atoms with Gasteiger partial charge in [0, 0.05) is 37.8 Å². The van der Waals surface area contributed by atoms with Gasteiger partial charge in [0.1, 0.15) is 0 Å². The molecule has 0 radical (unpaired) electrons. The molecule has 25 heavy (non-hydrogen) atoms. The van der Waals surface area contributed by atoms with Crippen molar-refractivity contribution in [3.05, 3.63) is 35.4 Å². The summed E-state index contributed by atoms with van der Waals surface area (Å²) in [5.74, 6) is -0.135. The lowest BCUT2D eigenvalue weighted by Gasteiger charge is -2.23. The van der Waals surface area contributed by atoms with E-state index in [9.17, 15) is 18.0 Å². The fourth-order valence-corrected chi connectivity index (χ4v) is 4.70. The average molecular weight is 366 g/mol. The highest BCUT2D eigenvalue weighted by Crippen LogP contribution is 2.19. The Morgan fingerprint density at radius 2 is 1.64 bits per heavy atom. The first-order valence-electron chi connectivity index (χ1n) is 8.58. The van der Waals surface area contributed by atoms with E-state index in [1.807, 2.05) is 0 Å². The number of sulfone groups is 1. The van der Waals surface area contributed by atoms with Gasteiger partial charge in [-0.05, 0) is 37.1 Å². The maximum Gasteiger partial charge on any atom is 0.253 e. The van der Waals surface area contributed by atoms with Crippen LogP contribution in [0.1, 0.15) is 46.9 Å². The smallest absolute Gasteiger partial charge is 0.253 e. The number of amides is 2. The SMILES string of the molecule is CCCCN(C)C(=O)c1ccc(C(=O)N(C)C2CCS(=O)(=O)C2)cc1. The second-order valence-electron chi connectivity index (χ2n) is 6.63. The van der Waals surface area contributed by atoms with Crippen molar-refractivity contribution in [2.75, 3.05) is 32.1 Å². The third kappa shape index (κ3) is 4.81. The summed E-state index contributed by atoms with van der Waals surface area (Å²) in [7, 11) is 0.364. The summed E-state index contributed by atoms with van der Waals surface area (Å²) in [6.45, 7) is 2.78. The van der Waals surface area contributed by atoms with Gasteiger partial charge in [-0.3, -0.25) is 9.59 Å². The summed E-state index contributed by atoms with van der Waals surface area (Å²) in [4.78, 5) is 28.0. The predicted octanol–water partition coefficient (Wildman–Crippen LogP) is 1.82. The zero-order chi connectivity index (χ0) is 18.6. The van der Waals surface area contributed by atoms with E-state index in [0.29, 0.717) is 24.1 Å². The first-order chi connectivity index (χ1) is 11.7. The van der Waals surface area contributed by atoms with Crippen LogP contribution in [0.3, 0.4) is 0 Å². The average Bonchev–Trinajstić information content (AvgIpc) is 2.97. The fraction of sp³-hybridized carbons (Fsp3) is 0.556. The summed E-state index contributed by atoms with van der Waals surface area (Å²) >= 11 is 0. The summed E-state index contributed by atoms with van der Waals surface area (Å²) in [5, 5.41) is 0. The van der Waals surface area contributed by atoms with Gasteiger partial charge in [-0.1, -0.05) is 13.3 Å². The Labute approximate surface area is 149 Å². The molecule has 1 aromatic rings. The molecule has 1 atom stereocenters. The van der Waals surface area contributed by atoms with Crippen LogP contribution in [0.15, 0.2) is 24.3 Å². The molecule has 0 N–H and O–H groups in total. The third-order valence-corrected chi connectivity index (χ3v) is 6.40. The van der Waals surface area contributed by atoms with Crippen LogP contribution in [0.4, 0.5) is 0 Å². The summed E-state index contributed by atoms with van der Waals surface area (Å²) in [5.41, 5.74) is 1.00. The summed E-state index contributed by atoms with van der Waals surface area (Å²) in [6, 6.07) is 6.28. The molecular formula is C18H26N2O4S. The van der Waals surface area contributed by atoms with E-state index in [1.165, 1.54) is 4.90 Å². The first-order valence-corrected chi connectivity index (χ1v) is 10.4. The highest BCUT2D eigenvalue weighted by atomic mass is 32.2. The van der Waals surface area contributed by atoms with Crippen LogP contribution >= 0.6 is 0 Å². The van der Waals surface area contributed by atoms with Gasteiger partial charge in [0.25, 0.3) is 11.8 Å². The van der Waals surface area contributed by atoms with Gasteiger partial charge in [0.2, 0.25) is 0 Å². The van der Waals surface area contributed by atoms with Gasteiger partial charge < -0.3 is 9.80 Å². The Kier molecular flexibility index (Phi) is 6.21. The van der Waals surface area contributed by atoms with Gasteiger partial charge in [0.15, 0.2) is 9.84 Å². The molecule has 138 valence electrons. The predicted molar refractivity (Wildman–Crippen MR) is 97.5 cm³/mol. The largest absolute Gasteiger partial charge is 0.342 e. The number of nitrogens with zero attached hydrogens (tertiary/aromatic N) is 2. The minimum atomic E-state index is -3.04. The fourth-order valence-electron chi connectivity index (χ4n) is 2.92. The molecule has 1 unspecified atom stereocenters. The lowest BCUT2D eigenvalue weighted by molar-refractivity contribution is 0.0744. The van der Waals surface area contributed by atoms with Crippen molar-refractivity contribution >= 4 is 21.7 Å². The van der Waals surface area contributed by atoms with Crippen molar-refractivity contribution in [2.45, 2.75) is 32.2 Å². The molecule has 1 saturated heterocycles. The number of hydrogen-bond acceptors (Lipinski definition) is 4. The molecule has 1 heterocycles. The van der Waals surface area contributed by atoms with E-state index in [0.717, 1.165) is 12.8 Å². The van der Waals surface area contributed by atoms with Gasteiger partial charge in [-0.15, -0.1) is 0 Å². The van der Waals surface area contributed by atoms with E-state index < -0.39 is 9.84 Å². The van der Waals surface area contributed by atoms with Crippen molar-refractivity contribution in [2.24, 2.45) is 0 Å². The lowest BCUT2D eigenvalue weighted by atomic mass is 10.1. The van der Waals surface area contributed by atoms with Crippen molar-refractivity contribution in [3.8, 4) is 0 Å². The molecule has 2 rings (SSSR count). The number of benzene rings is 1. The number of hydrogen-bond donors (Lipinski definition) is 0. The van der Waals surface area contributed by atoms with Gasteiger partial charge in [-0.2, -0.15) is 0 Å². The van der Waals surface area contributed by atoms with E-state index in [-0.39, 0.29) is 29.4 Å². The van der Waals surface area contributed by atoms with E-state index in [2.05, 4.69) is 6.92 Å². The summed E-state index contributed by atoms with van der Waals surface area (Å²) in [6.07, 6.45) is 2.45. The number of carbonyl (C=O) groups excluding carboxylic acids is 2. The Morgan fingerprint density at radius 1 is 1.08 bits per heavy atom. The minimum Gasteiger partial charge on any atom is -0.342 e. The second-order valence-corrected chi connectivity index (χ2v) is 8.86. The van der Waals surface area contributed by atoms with Crippen LogP contribution in [0, 0.1) is 0 Å². The van der Waals surface area contributed by atoms with Crippen molar-refractivity contribution in [3.63, 3.8) is 0 Å².